The van der Waals surface area contributed by atoms with E-state index in [1.807, 2.05) is 43.3 Å². The lowest BCUT2D eigenvalue weighted by atomic mass is 10.2. The molecule has 0 aliphatic heterocycles. The number of ether oxygens (including phenoxy) is 2. The highest BCUT2D eigenvalue weighted by Gasteiger charge is 2.11. The summed E-state index contributed by atoms with van der Waals surface area (Å²) in [5.74, 6) is 2.32. The fourth-order valence-electron chi connectivity index (χ4n) is 2.71. The van der Waals surface area contributed by atoms with E-state index >= 15 is 0 Å². The van der Waals surface area contributed by atoms with Crippen LogP contribution in [-0.4, -0.2) is 23.2 Å². The summed E-state index contributed by atoms with van der Waals surface area (Å²) in [7, 11) is 0. The number of hydrogen-bond donors (Lipinski definition) is 2. The summed E-state index contributed by atoms with van der Waals surface area (Å²) in [4.78, 5) is 7.87. The number of benzene rings is 2. The highest BCUT2D eigenvalue weighted by molar-refractivity contribution is 6.31. The standard InChI is InChI=1S/C20H24ClN3O2/c1-3-9-26-19-11-15(21)14(10-18(19)25-4-2)12-22-13-20-23-16-7-5-6-8-17(16)24-20/h5-8,10-11,22H,3-4,9,12-13H2,1-2H3,(H,23,24). The SMILES string of the molecule is CCCOc1cc(Cl)c(CNCc2nc3ccccc3[nH]2)cc1OCC. The monoisotopic (exact) mass is 373 g/mol. The maximum Gasteiger partial charge on any atom is 0.162 e. The van der Waals surface area contributed by atoms with Gasteiger partial charge in [-0.3, -0.25) is 0 Å². The van der Waals surface area contributed by atoms with E-state index < -0.39 is 0 Å². The number of imidazole rings is 1. The zero-order chi connectivity index (χ0) is 18.4. The van der Waals surface area contributed by atoms with E-state index in [9.17, 15) is 0 Å². The Morgan fingerprint density at radius 3 is 2.65 bits per heavy atom. The van der Waals surface area contributed by atoms with Gasteiger partial charge in [-0.05, 0) is 37.1 Å². The van der Waals surface area contributed by atoms with Crippen LogP contribution in [0.1, 0.15) is 31.7 Å². The molecule has 3 aromatic rings. The van der Waals surface area contributed by atoms with Crippen molar-refractivity contribution in [3.05, 3.63) is 52.8 Å². The molecular weight excluding hydrogens is 350 g/mol. The Kier molecular flexibility index (Phi) is 6.36. The molecule has 1 heterocycles. The first-order valence-corrected chi connectivity index (χ1v) is 9.31. The molecule has 0 amide bonds. The topological polar surface area (TPSA) is 59.2 Å². The number of hydrogen-bond acceptors (Lipinski definition) is 4. The minimum absolute atomic E-state index is 0.579. The molecule has 0 saturated carbocycles. The third kappa shape index (κ3) is 4.48. The summed E-state index contributed by atoms with van der Waals surface area (Å²) in [6.07, 6.45) is 0.935. The van der Waals surface area contributed by atoms with Crippen molar-refractivity contribution in [2.75, 3.05) is 13.2 Å². The van der Waals surface area contributed by atoms with Crippen LogP contribution in [0, 0.1) is 0 Å². The van der Waals surface area contributed by atoms with Gasteiger partial charge in [-0.15, -0.1) is 0 Å². The molecule has 0 aliphatic rings. The highest BCUT2D eigenvalue weighted by Crippen LogP contribution is 2.33. The number of aromatic nitrogens is 2. The number of para-hydroxylation sites is 2. The van der Waals surface area contributed by atoms with Crippen molar-refractivity contribution in [2.24, 2.45) is 0 Å². The lowest BCUT2D eigenvalue weighted by Crippen LogP contribution is -2.14. The van der Waals surface area contributed by atoms with E-state index in [0.29, 0.717) is 37.1 Å². The summed E-state index contributed by atoms with van der Waals surface area (Å²) < 4.78 is 11.4. The zero-order valence-electron chi connectivity index (χ0n) is 15.1. The molecule has 0 saturated heterocycles. The van der Waals surface area contributed by atoms with Gasteiger partial charge < -0.3 is 19.8 Å². The molecule has 0 radical (unpaired) electrons. The molecule has 0 unspecified atom stereocenters. The number of aromatic amines is 1. The van der Waals surface area contributed by atoms with Crippen molar-refractivity contribution in [3.8, 4) is 11.5 Å². The predicted octanol–water partition coefficient (Wildman–Crippen LogP) is 4.69. The Balaban J connectivity index is 1.67. The number of fused-ring (bicyclic) bond motifs is 1. The average Bonchev–Trinajstić information content (AvgIpc) is 3.05. The Labute approximate surface area is 158 Å². The molecule has 26 heavy (non-hydrogen) atoms. The highest BCUT2D eigenvalue weighted by atomic mass is 35.5. The lowest BCUT2D eigenvalue weighted by Gasteiger charge is -2.15. The Morgan fingerprint density at radius 1 is 1.08 bits per heavy atom. The van der Waals surface area contributed by atoms with Crippen molar-refractivity contribution >= 4 is 22.6 Å². The molecule has 6 heteroatoms. The number of nitrogens with zero attached hydrogens (tertiary/aromatic N) is 1. The average molecular weight is 374 g/mol. The molecule has 2 aromatic carbocycles. The fourth-order valence-corrected chi connectivity index (χ4v) is 2.93. The third-order valence-electron chi connectivity index (χ3n) is 3.92. The van der Waals surface area contributed by atoms with Gasteiger partial charge >= 0.3 is 0 Å². The second-order valence-corrected chi connectivity index (χ2v) is 6.38. The van der Waals surface area contributed by atoms with Crippen LogP contribution >= 0.6 is 11.6 Å². The Morgan fingerprint density at radius 2 is 1.88 bits per heavy atom. The maximum atomic E-state index is 6.43. The molecule has 1 aromatic heterocycles. The Hall–Kier alpha value is -2.24. The molecule has 0 bridgehead atoms. The summed E-state index contributed by atoms with van der Waals surface area (Å²) in [6, 6.07) is 11.8. The molecular formula is C20H24ClN3O2. The summed E-state index contributed by atoms with van der Waals surface area (Å²) in [6.45, 7) is 6.49. The summed E-state index contributed by atoms with van der Waals surface area (Å²) >= 11 is 6.43. The third-order valence-corrected chi connectivity index (χ3v) is 4.27. The molecule has 0 fully saturated rings. The van der Waals surface area contributed by atoms with Crippen LogP contribution in [0.15, 0.2) is 36.4 Å². The predicted molar refractivity (Wildman–Crippen MR) is 105 cm³/mol. The normalized spacial score (nSPS) is 11.0. The molecule has 5 nitrogen and oxygen atoms in total. The molecule has 2 N–H and O–H groups in total. The van der Waals surface area contributed by atoms with E-state index in [1.165, 1.54) is 0 Å². The van der Waals surface area contributed by atoms with Gasteiger partial charge in [-0.2, -0.15) is 0 Å². The number of nitrogens with one attached hydrogen (secondary N) is 2. The van der Waals surface area contributed by atoms with Crippen LogP contribution in [0.2, 0.25) is 5.02 Å². The van der Waals surface area contributed by atoms with Crippen molar-refractivity contribution in [1.82, 2.24) is 15.3 Å². The van der Waals surface area contributed by atoms with Crippen LogP contribution in [0.3, 0.4) is 0 Å². The van der Waals surface area contributed by atoms with Gasteiger partial charge in [0.25, 0.3) is 0 Å². The van der Waals surface area contributed by atoms with Gasteiger partial charge in [-0.25, -0.2) is 4.98 Å². The Bertz CT molecular complexity index is 830. The number of halogens is 1. The zero-order valence-corrected chi connectivity index (χ0v) is 15.9. The minimum atomic E-state index is 0.579. The van der Waals surface area contributed by atoms with E-state index in [4.69, 9.17) is 21.1 Å². The van der Waals surface area contributed by atoms with E-state index in [-0.39, 0.29) is 0 Å². The first kappa shape index (κ1) is 18.5. The van der Waals surface area contributed by atoms with Crippen molar-refractivity contribution in [1.29, 1.82) is 0 Å². The van der Waals surface area contributed by atoms with Crippen molar-refractivity contribution in [3.63, 3.8) is 0 Å². The first-order chi connectivity index (χ1) is 12.7. The van der Waals surface area contributed by atoms with Gasteiger partial charge in [0.15, 0.2) is 11.5 Å². The quantitative estimate of drug-likeness (QED) is 0.571. The van der Waals surface area contributed by atoms with E-state index in [1.54, 1.807) is 0 Å². The second kappa shape index (κ2) is 8.92. The molecule has 0 atom stereocenters. The largest absolute Gasteiger partial charge is 0.490 e. The number of rotatable bonds is 9. The second-order valence-electron chi connectivity index (χ2n) is 5.98. The van der Waals surface area contributed by atoms with Crippen molar-refractivity contribution in [2.45, 2.75) is 33.4 Å². The van der Waals surface area contributed by atoms with Crippen molar-refractivity contribution < 1.29 is 9.47 Å². The van der Waals surface area contributed by atoms with Gasteiger partial charge in [0.05, 0.1) is 30.8 Å². The fraction of sp³-hybridized carbons (Fsp3) is 0.350. The van der Waals surface area contributed by atoms with Crippen LogP contribution < -0.4 is 14.8 Å². The van der Waals surface area contributed by atoms with Gasteiger partial charge in [0.1, 0.15) is 5.82 Å². The number of H-pyrrole nitrogens is 1. The lowest BCUT2D eigenvalue weighted by molar-refractivity contribution is 0.276. The first-order valence-electron chi connectivity index (χ1n) is 8.93. The van der Waals surface area contributed by atoms with Gasteiger partial charge in [-0.1, -0.05) is 30.7 Å². The van der Waals surface area contributed by atoms with Gasteiger partial charge in [0, 0.05) is 17.6 Å². The van der Waals surface area contributed by atoms with Crippen LogP contribution in [0.5, 0.6) is 11.5 Å². The molecule has 0 spiro atoms. The smallest absolute Gasteiger partial charge is 0.162 e. The minimum Gasteiger partial charge on any atom is -0.490 e. The van der Waals surface area contributed by atoms with Crippen LogP contribution in [0.4, 0.5) is 0 Å². The van der Waals surface area contributed by atoms with Crippen LogP contribution in [0.25, 0.3) is 11.0 Å². The van der Waals surface area contributed by atoms with E-state index in [2.05, 4.69) is 22.2 Å². The van der Waals surface area contributed by atoms with E-state index in [0.717, 1.165) is 34.6 Å². The molecule has 138 valence electrons. The van der Waals surface area contributed by atoms with Gasteiger partial charge in [0.2, 0.25) is 0 Å². The summed E-state index contributed by atoms with van der Waals surface area (Å²) in [5.41, 5.74) is 2.98. The molecule has 3 rings (SSSR count). The summed E-state index contributed by atoms with van der Waals surface area (Å²) in [5, 5.41) is 4.04. The maximum absolute atomic E-state index is 6.43. The molecule has 0 aliphatic carbocycles. The van der Waals surface area contributed by atoms with Crippen LogP contribution in [-0.2, 0) is 13.1 Å².